The minimum absolute atomic E-state index is 0.266. The van der Waals surface area contributed by atoms with Crippen LogP contribution in [0, 0.1) is 6.42 Å². The van der Waals surface area contributed by atoms with Crippen LogP contribution in [-0.4, -0.2) is 16.1 Å². The quantitative estimate of drug-likeness (QED) is 0.811. The molecule has 0 spiro atoms. The number of carboxylic acids is 1. The lowest BCUT2D eigenvalue weighted by molar-refractivity contribution is -0.141. The largest absolute Gasteiger partial charge is 0.468 e. The van der Waals surface area contributed by atoms with Crippen LogP contribution in [0.1, 0.15) is 21.7 Å². The highest BCUT2D eigenvalue weighted by atomic mass is 19.4. The van der Waals surface area contributed by atoms with Gasteiger partial charge in [0.15, 0.2) is 11.3 Å². The highest BCUT2D eigenvalue weighted by Gasteiger charge is 2.34. The first-order chi connectivity index (χ1) is 7.36. The summed E-state index contributed by atoms with van der Waals surface area (Å²) in [6.07, 6.45) is -2.31. The van der Waals surface area contributed by atoms with E-state index in [0.717, 1.165) is 12.5 Å². The molecule has 0 aliphatic rings. The Morgan fingerprint density at radius 1 is 1.50 bits per heavy atom. The number of allylic oxidation sites excluding steroid dienone is 1. The number of aromatic nitrogens is 1. The second-order valence-electron chi connectivity index (χ2n) is 2.83. The van der Waals surface area contributed by atoms with Crippen LogP contribution in [0.4, 0.5) is 13.2 Å². The van der Waals surface area contributed by atoms with Gasteiger partial charge < -0.3 is 5.11 Å². The van der Waals surface area contributed by atoms with Crippen LogP contribution in [0.3, 0.4) is 0 Å². The predicted molar refractivity (Wildman–Crippen MR) is 49.8 cm³/mol. The first-order valence-corrected chi connectivity index (χ1v) is 4.13. The van der Waals surface area contributed by atoms with Gasteiger partial charge in [0, 0.05) is 12.1 Å². The maximum absolute atomic E-state index is 12.3. The van der Waals surface area contributed by atoms with E-state index in [1.54, 1.807) is 0 Å². The summed E-state index contributed by atoms with van der Waals surface area (Å²) in [5, 5.41) is 8.71. The number of hydrogen-bond donors (Lipinski definition) is 1. The monoisotopic (exact) mass is 230 g/mol. The van der Waals surface area contributed by atoms with E-state index < -0.39 is 17.8 Å². The average molecular weight is 230 g/mol. The third-order valence-corrected chi connectivity index (χ3v) is 1.72. The highest BCUT2D eigenvalue weighted by Crippen LogP contribution is 2.28. The maximum Gasteiger partial charge on any atom is 0.433 e. The Hall–Kier alpha value is -1.98. The fourth-order valence-electron chi connectivity index (χ4n) is 1.05. The summed E-state index contributed by atoms with van der Waals surface area (Å²) in [5.41, 5.74) is -1.70. The summed E-state index contributed by atoms with van der Waals surface area (Å²) in [7, 11) is 0. The molecular formula is C10H7F3NO2+. The third kappa shape index (κ3) is 2.53. The molecule has 0 bridgehead atoms. The number of carboxylic acid groups (broad SMARTS) is 1. The molecule has 0 radical (unpaired) electrons. The van der Waals surface area contributed by atoms with Crippen molar-refractivity contribution in [3.8, 4) is 0 Å². The number of aromatic carboxylic acids is 1. The lowest BCUT2D eigenvalue weighted by atomic mass is 10.1. The van der Waals surface area contributed by atoms with Gasteiger partial charge in [-0.1, -0.05) is 0 Å². The normalized spacial score (nSPS) is 10.9. The predicted octanol–water partition coefficient (Wildman–Crippen LogP) is 2.54. The summed E-state index contributed by atoms with van der Waals surface area (Å²) in [6.45, 7) is 3.28. The maximum atomic E-state index is 12.3. The van der Waals surface area contributed by atoms with Gasteiger partial charge in [0.25, 0.3) is 0 Å². The zero-order valence-electron chi connectivity index (χ0n) is 7.95. The number of halogens is 3. The van der Waals surface area contributed by atoms with Crippen molar-refractivity contribution in [2.45, 2.75) is 6.18 Å². The van der Waals surface area contributed by atoms with Gasteiger partial charge in [-0.2, -0.15) is 13.2 Å². The second kappa shape index (κ2) is 4.26. The Labute approximate surface area is 89.2 Å². The topological polar surface area (TPSA) is 50.2 Å². The Morgan fingerprint density at radius 3 is 2.56 bits per heavy atom. The molecule has 0 saturated heterocycles. The second-order valence-corrected chi connectivity index (χ2v) is 2.83. The lowest BCUT2D eigenvalue weighted by Gasteiger charge is -2.05. The van der Waals surface area contributed by atoms with Crippen molar-refractivity contribution in [1.82, 2.24) is 4.98 Å². The van der Waals surface area contributed by atoms with E-state index in [9.17, 15) is 18.0 Å². The van der Waals surface area contributed by atoms with Crippen LogP contribution in [0.15, 0.2) is 24.8 Å². The molecule has 1 rings (SSSR count). The fraction of sp³-hybridized carbons (Fsp3) is 0.100. The summed E-state index contributed by atoms with van der Waals surface area (Å²) in [6, 6.07) is 1.50. The van der Waals surface area contributed by atoms with Crippen molar-refractivity contribution in [3.05, 3.63) is 48.2 Å². The van der Waals surface area contributed by atoms with Gasteiger partial charge >= 0.3 is 12.1 Å². The Balaban J connectivity index is 3.27. The molecule has 0 aromatic carbocycles. The standard InChI is InChI=1S/C10H6F3NO2/c1-2-3-7-6(9(15)16)4-5-8(14-7)10(11,12)13/h2-5H,1H2/p+1. The van der Waals surface area contributed by atoms with Gasteiger partial charge in [-0.25, -0.2) is 9.78 Å². The minimum Gasteiger partial charge on any atom is -0.468 e. The number of alkyl halides is 3. The van der Waals surface area contributed by atoms with Crippen LogP contribution >= 0.6 is 0 Å². The Kier molecular flexibility index (Phi) is 3.22. The van der Waals surface area contributed by atoms with Crippen LogP contribution in [0.5, 0.6) is 0 Å². The van der Waals surface area contributed by atoms with Crippen molar-refractivity contribution in [3.63, 3.8) is 0 Å². The zero-order valence-corrected chi connectivity index (χ0v) is 7.95. The SMILES string of the molecule is C=C[CH+]c1nc(C(F)(F)F)ccc1C(=O)O. The molecular weight excluding hydrogens is 223 g/mol. The Bertz CT molecular complexity index is 427. The van der Waals surface area contributed by atoms with Crippen LogP contribution in [0.25, 0.3) is 0 Å². The Morgan fingerprint density at radius 2 is 2.12 bits per heavy atom. The van der Waals surface area contributed by atoms with Crippen LogP contribution in [-0.2, 0) is 6.18 Å². The zero-order chi connectivity index (χ0) is 12.3. The van der Waals surface area contributed by atoms with E-state index in [2.05, 4.69) is 11.6 Å². The summed E-state index contributed by atoms with van der Waals surface area (Å²) < 4.78 is 36.9. The summed E-state index contributed by atoms with van der Waals surface area (Å²) in [5.74, 6) is -1.34. The smallest absolute Gasteiger partial charge is 0.433 e. The summed E-state index contributed by atoms with van der Waals surface area (Å²) in [4.78, 5) is 13.9. The molecule has 0 saturated carbocycles. The highest BCUT2D eigenvalue weighted by molar-refractivity contribution is 5.89. The van der Waals surface area contributed by atoms with E-state index in [1.165, 1.54) is 6.08 Å². The molecule has 0 amide bonds. The first-order valence-electron chi connectivity index (χ1n) is 4.13. The molecule has 1 aromatic heterocycles. The van der Waals surface area contributed by atoms with E-state index in [0.29, 0.717) is 6.07 Å². The molecule has 1 heterocycles. The number of hydrogen-bond acceptors (Lipinski definition) is 2. The van der Waals surface area contributed by atoms with Gasteiger partial charge in [0.2, 0.25) is 0 Å². The van der Waals surface area contributed by atoms with Gasteiger partial charge in [-0.05, 0) is 12.6 Å². The molecule has 1 aromatic rings. The van der Waals surface area contributed by atoms with E-state index >= 15 is 0 Å². The molecule has 0 atom stereocenters. The number of rotatable bonds is 3. The third-order valence-electron chi connectivity index (χ3n) is 1.72. The van der Waals surface area contributed by atoms with Crippen molar-refractivity contribution in [1.29, 1.82) is 0 Å². The lowest BCUT2D eigenvalue weighted by Crippen LogP contribution is -2.12. The minimum atomic E-state index is -4.60. The van der Waals surface area contributed by atoms with E-state index in [4.69, 9.17) is 5.11 Å². The average Bonchev–Trinajstić information content (AvgIpc) is 2.16. The van der Waals surface area contributed by atoms with Gasteiger partial charge in [-0.3, -0.25) is 0 Å². The van der Waals surface area contributed by atoms with E-state index in [-0.39, 0.29) is 11.3 Å². The molecule has 0 aliphatic carbocycles. The fourth-order valence-corrected chi connectivity index (χ4v) is 1.05. The molecule has 16 heavy (non-hydrogen) atoms. The molecule has 6 heteroatoms. The van der Waals surface area contributed by atoms with Gasteiger partial charge in [0.05, 0.1) is 6.42 Å². The van der Waals surface area contributed by atoms with Crippen molar-refractivity contribution in [2.24, 2.45) is 0 Å². The number of carbonyl (C=O) groups is 1. The first kappa shape index (κ1) is 12.1. The van der Waals surface area contributed by atoms with Crippen LogP contribution < -0.4 is 0 Å². The summed E-state index contributed by atoms with van der Waals surface area (Å²) >= 11 is 0. The molecule has 0 unspecified atom stereocenters. The van der Waals surface area contributed by atoms with Crippen molar-refractivity contribution < 1.29 is 23.1 Å². The van der Waals surface area contributed by atoms with Crippen molar-refractivity contribution in [2.75, 3.05) is 0 Å². The number of pyridine rings is 1. The molecule has 0 aliphatic heterocycles. The number of nitrogens with zero attached hydrogens (tertiary/aromatic N) is 1. The van der Waals surface area contributed by atoms with Crippen molar-refractivity contribution >= 4 is 5.97 Å². The van der Waals surface area contributed by atoms with Gasteiger partial charge in [-0.15, -0.1) is 0 Å². The molecule has 1 N–H and O–H groups in total. The molecule has 0 fully saturated rings. The molecule has 84 valence electrons. The van der Waals surface area contributed by atoms with E-state index in [1.807, 2.05) is 0 Å². The van der Waals surface area contributed by atoms with Gasteiger partial charge in [0.1, 0.15) is 5.69 Å². The molecule has 3 nitrogen and oxygen atoms in total. The van der Waals surface area contributed by atoms with Crippen LogP contribution in [0.2, 0.25) is 0 Å².